The molecule has 0 bridgehead atoms. The minimum atomic E-state index is -0.454. The number of ether oxygens (including phenoxy) is 3. The van der Waals surface area contributed by atoms with E-state index in [0.717, 1.165) is 28.0 Å². The van der Waals surface area contributed by atoms with Crippen LogP contribution in [0.15, 0.2) is 54.1 Å². The molecule has 1 atom stereocenters. The molecule has 0 saturated heterocycles. The van der Waals surface area contributed by atoms with E-state index in [1.54, 1.807) is 7.11 Å². The Hall–Kier alpha value is -2.59. The van der Waals surface area contributed by atoms with Gasteiger partial charge in [0.1, 0.15) is 11.9 Å². The van der Waals surface area contributed by atoms with Gasteiger partial charge in [0, 0.05) is 12.2 Å². The SMILES string of the molecule is CCOC(=O)C1=C(c2ccccc2)c2ccc(OC)cc2C1OCC. The molecule has 130 valence electrons. The van der Waals surface area contributed by atoms with Crippen molar-refractivity contribution < 1.29 is 19.0 Å². The summed E-state index contributed by atoms with van der Waals surface area (Å²) in [5, 5.41) is 0. The first-order chi connectivity index (χ1) is 12.2. The smallest absolute Gasteiger partial charge is 0.337 e. The number of benzene rings is 2. The maximum atomic E-state index is 12.7. The third-order valence-electron chi connectivity index (χ3n) is 4.23. The van der Waals surface area contributed by atoms with Gasteiger partial charge in [-0.25, -0.2) is 4.79 Å². The third kappa shape index (κ3) is 3.17. The van der Waals surface area contributed by atoms with Crippen LogP contribution in [0, 0.1) is 0 Å². The van der Waals surface area contributed by atoms with Crippen molar-refractivity contribution >= 4 is 11.5 Å². The number of esters is 1. The zero-order valence-corrected chi connectivity index (χ0v) is 14.7. The van der Waals surface area contributed by atoms with Gasteiger partial charge >= 0.3 is 5.97 Å². The second-order valence-corrected chi connectivity index (χ2v) is 5.66. The molecule has 1 aliphatic carbocycles. The van der Waals surface area contributed by atoms with E-state index in [4.69, 9.17) is 14.2 Å². The van der Waals surface area contributed by atoms with E-state index in [9.17, 15) is 4.79 Å². The van der Waals surface area contributed by atoms with Crippen molar-refractivity contribution in [1.29, 1.82) is 0 Å². The molecule has 3 rings (SSSR count). The summed E-state index contributed by atoms with van der Waals surface area (Å²) in [7, 11) is 1.63. The molecule has 0 fully saturated rings. The third-order valence-corrected chi connectivity index (χ3v) is 4.23. The Bertz CT molecular complexity index is 793. The predicted octanol–water partition coefficient (Wildman–Crippen LogP) is 4.15. The molecule has 4 nitrogen and oxygen atoms in total. The number of fused-ring (bicyclic) bond motifs is 1. The molecule has 0 saturated carbocycles. The minimum Gasteiger partial charge on any atom is -0.497 e. The Balaban J connectivity index is 2.23. The monoisotopic (exact) mass is 338 g/mol. The maximum Gasteiger partial charge on any atom is 0.337 e. The summed E-state index contributed by atoms with van der Waals surface area (Å²) < 4.78 is 16.6. The van der Waals surface area contributed by atoms with Gasteiger partial charge in [-0.15, -0.1) is 0 Å². The summed E-state index contributed by atoms with van der Waals surface area (Å²) in [5.74, 6) is 0.399. The first-order valence-corrected chi connectivity index (χ1v) is 8.47. The second kappa shape index (κ2) is 7.53. The van der Waals surface area contributed by atoms with E-state index < -0.39 is 6.10 Å². The number of carbonyl (C=O) groups is 1. The Morgan fingerprint density at radius 2 is 1.80 bits per heavy atom. The van der Waals surface area contributed by atoms with Crippen molar-refractivity contribution in [2.45, 2.75) is 20.0 Å². The van der Waals surface area contributed by atoms with Crippen LogP contribution >= 0.6 is 0 Å². The lowest BCUT2D eigenvalue weighted by atomic mass is 9.97. The molecule has 1 aliphatic rings. The van der Waals surface area contributed by atoms with Crippen molar-refractivity contribution in [3.8, 4) is 5.75 Å². The van der Waals surface area contributed by atoms with Gasteiger partial charge in [0.25, 0.3) is 0 Å². The molecule has 0 spiro atoms. The summed E-state index contributed by atoms with van der Waals surface area (Å²) in [6.45, 7) is 4.54. The lowest BCUT2D eigenvalue weighted by molar-refractivity contribution is -0.140. The van der Waals surface area contributed by atoms with Crippen molar-refractivity contribution in [1.82, 2.24) is 0 Å². The largest absolute Gasteiger partial charge is 0.497 e. The van der Waals surface area contributed by atoms with Crippen LogP contribution < -0.4 is 4.74 Å². The Kier molecular flexibility index (Phi) is 5.19. The van der Waals surface area contributed by atoms with E-state index in [1.807, 2.05) is 62.4 Å². The van der Waals surface area contributed by atoms with E-state index in [-0.39, 0.29) is 5.97 Å². The normalized spacial score (nSPS) is 15.9. The average Bonchev–Trinajstić information content (AvgIpc) is 2.96. The molecule has 0 heterocycles. The van der Waals surface area contributed by atoms with Crippen LogP contribution in [-0.4, -0.2) is 26.3 Å². The standard InChI is InChI=1S/C21H22O4/c1-4-24-20-17-13-15(23-3)11-12-16(17)18(14-9-7-6-8-10-14)19(20)21(22)25-5-2/h6-13,20H,4-5H2,1-3H3. The summed E-state index contributed by atoms with van der Waals surface area (Å²) >= 11 is 0. The van der Waals surface area contributed by atoms with Crippen molar-refractivity contribution in [2.75, 3.05) is 20.3 Å². The summed E-state index contributed by atoms with van der Waals surface area (Å²) in [5.41, 5.74) is 4.31. The highest BCUT2D eigenvalue weighted by Crippen LogP contribution is 2.47. The van der Waals surface area contributed by atoms with E-state index in [0.29, 0.717) is 18.8 Å². The van der Waals surface area contributed by atoms with Crippen molar-refractivity contribution in [3.63, 3.8) is 0 Å². The fourth-order valence-corrected chi connectivity index (χ4v) is 3.22. The first-order valence-electron chi connectivity index (χ1n) is 8.47. The zero-order chi connectivity index (χ0) is 17.8. The van der Waals surface area contributed by atoms with Gasteiger partial charge in [0.15, 0.2) is 0 Å². The van der Waals surface area contributed by atoms with Gasteiger partial charge < -0.3 is 14.2 Å². The maximum absolute atomic E-state index is 12.7. The number of carbonyl (C=O) groups excluding carboxylic acids is 1. The summed E-state index contributed by atoms with van der Waals surface area (Å²) in [4.78, 5) is 12.7. The Labute approximate surface area is 148 Å². The molecule has 2 aromatic carbocycles. The molecule has 0 radical (unpaired) electrons. The topological polar surface area (TPSA) is 44.8 Å². The second-order valence-electron chi connectivity index (χ2n) is 5.66. The molecule has 1 unspecified atom stereocenters. The van der Waals surface area contributed by atoms with Crippen LogP contribution in [0.1, 0.15) is 36.6 Å². The number of rotatable bonds is 6. The molecule has 2 aromatic rings. The highest BCUT2D eigenvalue weighted by molar-refractivity contribution is 6.06. The molecule has 0 aromatic heterocycles. The van der Waals surface area contributed by atoms with Crippen molar-refractivity contribution in [3.05, 3.63) is 70.8 Å². The fraction of sp³-hybridized carbons (Fsp3) is 0.286. The highest BCUT2D eigenvalue weighted by Gasteiger charge is 2.37. The number of hydrogen-bond acceptors (Lipinski definition) is 4. The van der Waals surface area contributed by atoms with Gasteiger partial charge in [-0.1, -0.05) is 36.4 Å². The number of hydrogen-bond donors (Lipinski definition) is 0. The van der Waals surface area contributed by atoms with Crippen LogP contribution in [0.25, 0.3) is 5.57 Å². The van der Waals surface area contributed by atoms with Crippen LogP contribution in [0.4, 0.5) is 0 Å². The Morgan fingerprint density at radius 1 is 1.04 bits per heavy atom. The van der Waals surface area contributed by atoms with Crippen LogP contribution in [0.2, 0.25) is 0 Å². The van der Waals surface area contributed by atoms with Crippen LogP contribution in [0.3, 0.4) is 0 Å². The quantitative estimate of drug-likeness (QED) is 0.742. The first kappa shape index (κ1) is 17.2. The molecule has 0 amide bonds. The van der Waals surface area contributed by atoms with Gasteiger partial charge in [-0.2, -0.15) is 0 Å². The van der Waals surface area contributed by atoms with E-state index in [1.165, 1.54) is 0 Å². The van der Waals surface area contributed by atoms with Crippen LogP contribution in [0.5, 0.6) is 5.75 Å². The molecule has 0 aliphatic heterocycles. The molecular formula is C21H22O4. The van der Waals surface area contributed by atoms with Gasteiger partial charge in [0.2, 0.25) is 0 Å². The lowest BCUT2D eigenvalue weighted by Gasteiger charge is -2.16. The predicted molar refractivity (Wildman–Crippen MR) is 96.5 cm³/mol. The minimum absolute atomic E-state index is 0.322. The van der Waals surface area contributed by atoms with E-state index >= 15 is 0 Å². The lowest BCUT2D eigenvalue weighted by Crippen LogP contribution is -2.15. The highest BCUT2D eigenvalue weighted by atomic mass is 16.5. The summed E-state index contributed by atoms with van der Waals surface area (Å²) in [6, 6.07) is 15.7. The fourth-order valence-electron chi connectivity index (χ4n) is 3.22. The van der Waals surface area contributed by atoms with Crippen LogP contribution in [-0.2, 0) is 14.3 Å². The van der Waals surface area contributed by atoms with Crippen molar-refractivity contribution in [2.24, 2.45) is 0 Å². The molecular weight excluding hydrogens is 316 g/mol. The Morgan fingerprint density at radius 3 is 2.44 bits per heavy atom. The molecule has 4 heteroatoms. The summed E-state index contributed by atoms with van der Waals surface area (Å²) in [6.07, 6.45) is -0.454. The molecule has 25 heavy (non-hydrogen) atoms. The van der Waals surface area contributed by atoms with E-state index in [2.05, 4.69) is 0 Å². The van der Waals surface area contributed by atoms with Gasteiger partial charge in [0.05, 0.1) is 19.3 Å². The number of methoxy groups -OCH3 is 1. The van der Waals surface area contributed by atoms with Gasteiger partial charge in [-0.05, 0) is 42.7 Å². The molecule has 0 N–H and O–H groups in total. The average molecular weight is 338 g/mol. The zero-order valence-electron chi connectivity index (χ0n) is 14.7. The van der Waals surface area contributed by atoms with Gasteiger partial charge in [-0.3, -0.25) is 0 Å².